The summed E-state index contributed by atoms with van der Waals surface area (Å²) in [5.41, 5.74) is 7.05. The average Bonchev–Trinajstić information content (AvgIpc) is 4.37. The second-order valence-electron chi connectivity index (χ2n) is 23.8. The van der Waals surface area contributed by atoms with E-state index in [2.05, 4.69) is 35.2 Å². The molecule has 76 heavy (non-hydrogen) atoms. The van der Waals surface area contributed by atoms with Crippen molar-refractivity contribution in [2.45, 2.75) is 150 Å². The Morgan fingerprint density at radius 3 is 2.72 bits per heavy atom. The number of rotatable bonds is 3. The first-order valence-corrected chi connectivity index (χ1v) is 27.6. The molecule has 6 N–H and O–H groups in total. The van der Waals surface area contributed by atoms with Crippen molar-refractivity contribution in [1.29, 1.82) is 0 Å². The largest absolute Gasteiger partial charge is 0.506 e. The molecule has 3 saturated carbocycles. The summed E-state index contributed by atoms with van der Waals surface area (Å²) < 4.78 is 33.3. The molecule has 4 aliphatic heterocycles. The highest BCUT2D eigenvalue weighted by molar-refractivity contribution is 6.17. The van der Waals surface area contributed by atoms with Crippen LogP contribution in [0.1, 0.15) is 153 Å². The summed E-state index contributed by atoms with van der Waals surface area (Å²) in [7, 11) is 1.59. The number of phenolic OH excluding ortho intramolecular Hbond substituents is 1. The molecule has 14 heteroatoms. The Hall–Kier alpha value is -6.18. The molecule has 15 rings (SSSR count). The van der Waals surface area contributed by atoms with E-state index in [0.717, 1.165) is 120 Å². The van der Waals surface area contributed by atoms with E-state index in [1.54, 1.807) is 19.2 Å². The number of hydrogen-bond donors (Lipinski definition) is 6. The fourth-order valence-electron chi connectivity index (χ4n) is 16.5. The van der Waals surface area contributed by atoms with Crippen molar-refractivity contribution >= 4 is 45.0 Å². The average molecular weight is 1030 g/mol. The van der Waals surface area contributed by atoms with Crippen LogP contribution in [0.2, 0.25) is 0 Å². The molecule has 1 aromatic heterocycles. The zero-order chi connectivity index (χ0) is 51.6. The van der Waals surface area contributed by atoms with Gasteiger partial charge in [0, 0.05) is 52.1 Å². The number of ketones is 1. The number of aromatic hydroxyl groups is 1. The number of phenols is 1. The SMILES string of the molecule is COc1c2c3c4c(O)c(c5c6c4c1CCC6=CC1CCCC51)C(=O)CN1Cc4c(cccc4C1=O)CC#COC1C(O)C(COC(c4c[nH]c5cc6c(cc45)C4(CC6)CCC5CCCC5(O)C4)C=C2)OC(O3)C1(O)CO. The van der Waals surface area contributed by atoms with Gasteiger partial charge in [0.1, 0.15) is 41.7 Å². The van der Waals surface area contributed by atoms with Crippen molar-refractivity contribution in [3.8, 4) is 29.3 Å². The highest BCUT2D eigenvalue weighted by Crippen LogP contribution is 2.61. The number of benzene rings is 4. The monoisotopic (exact) mass is 1030 g/mol. The topological polar surface area (TPSA) is 200 Å². The molecule has 8 bridgehead atoms. The van der Waals surface area contributed by atoms with E-state index in [1.807, 2.05) is 24.4 Å². The fourth-order valence-corrected chi connectivity index (χ4v) is 16.5. The summed E-state index contributed by atoms with van der Waals surface area (Å²) in [5.74, 6) is 2.93. The molecule has 1 saturated heterocycles. The van der Waals surface area contributed by atoms with E-state index in [9.17, 15) is 30.3 Å². The highest BCUT2D eigenvalue weighted by atomic mass is 16.7. The lowest BCUT2D eigenvalue weighted by atomic mass is 9.61. The smallest absolute Gasteiger partial charge is 0.254 e. The van der Waals surface area contributed by atoms with E-state index < -0.39 is 54.3 Å². The third-order valence-electron chi connectivity index (χ3n) is 20.1. The Bertz CT molecular complexity index is 3510. The summed E-state index contributed by atoms with van der Waals surface area (Å²) in [4.78, 5) is 34.8. The van der Waals surface area contributed by atoms with Gasteiger partial charge in [0.2, 0.25) is 6.29 Å². The van der Waals surface area contributed by atoms with Crippen LogP contribution in [0.3, 0.4) is 0 Å². The molecule has 14 nitrogen and oxygen atoms in total. The number of Topliss-reactive ketones (excluding diaryl/α,β-unsaturated/α-hetero) is 1. The molecule has 1 spiro atoms. The Balaban J connectivity index is 0.963. The van der Waals surface area contributed by atoms with Crippen molar-refractivity contribution in [3.63, 3.8) is 0 Å². The molecule has 0 radical (unpaired) electrons. The van der Waals surface area contributed by atoms with Crippen LogP contribution in [0.4, 0.5) is 0 Å². The number of amides is 1. The normalized spacial score (nSPS) is 33.6. The molecule has 392 valence electrons. The van der Waals surface area contributed by atoms with Crippen LogP contribution >= 0.6 is 0 Å². The number of methoxy groups -OCH3 is 1. The lowest BCUT2D eigenvalue weighted by Gasteiger charge is -2.47. The van der Waals surface area contributed by atoms with Crippen LogP contribution in [0.25, 0.3) is 33.3 Å². The molecule has 10 aliphatic rings. The molecule has 6 aliphatic carbocycles. The maximum Gasteiger partial charge on any atom is 0.254 e. The summed E-state index contributed by atoms with van der Waals surface area (Å²) >= 11 is 0. The number of nitrogens with one attached hydrogen (secondary N) is 1. The van der Waals surface area contributed by atoms with Gasteiger partial charge in [-0.15, -0.1) is 0 Å². The molecule has 11 unspecified atom stereocenters. The Kier molecular flexibility index (Phi) is 10.5. The van der Waals surface area contributed by atoms with Gasteiger partial charge in [0.15, 0.2) is 17.5 Å². The number of aryl methyl sites for hydroxylation is 2. The minimum atomic E-state index is -2.47. The summed E-state index contributed by atoms with van der Waals surface area (Å²) in [6, 6.07) is 9.94. The molecule has 1 amide bonds. The van der Waals surface area contributed by atoms with E-state index in [-0.39, 0.29) is 71.7 Å². The van der Waals surface area contributed by atoms with Crippen molar-refractivity contribution in [2.24, 2.45) is 11.8 Å². The van der Waals surface area contributed by atoms with Gasteiger partial charge < -0.3 is 59.1 Å². The first-order chi connectivity index (χ1) is 36.9. The lowest BCUT2D eigenvalue weighted by molar-refractivity contribution is -0.328. The first-order valence-electron chi connectivity index (χ1n) is 27.6. The third kappa shape index (κ3) is 6.56. The number of H-pyrrole nitrogens is 1. The fraction of sp³-hybridized carbons (Fsp3) is 0.484. The second-order valence-corrected chi connectivity index (χ2v) is 23.8. The second kappa shape index (κ2) is 16.9. The van der Waals surface area contributed by atoms with Crippen molar-refractivity contribution in [1.82, 2.24) is 9.88 Å². The van der Waals surface area contributed by atoms with E-state index in [0.29, 0.717) is 41.0 Å². The number of ether oxygens (including phenoxy) is 5. The van der Waals surface area contributed by atoms with Gasteiger partial charge in [-0.25, -0.2) is 0 Å². The summed E-state index contributed by atoms with van der Waals surface area (Å²) in [5, 5.41) is 63.7. The van der Waals surface area contributed by atoms with Crippen molar-refractivity contribution < 1.29 is 58.8 Å². The highest BCUT2D eigenvalue weighted by Gasteiger charge is 2.60. The Morgan fingerprint density at radius 1 is 0.961 bits per heavy atom. The van der Waals surface area contributed by atoms with Gasteiger partial charge in [-0.1, -0.05) is 43.0 Å². The number of hydrogen-bond acceptors (Lipinski definition) is 12. The zero-order valence-corrected chi connectivity index (χ0v) is 42.6. The predicted molar refractivity (Wildman–Crippen MR) is 280 cm³/mol. The third-order valence-corrected chi connectivity index (χ3v) is 20.1. The number of aromatic nitrogens is 1. The van der Waals surface area contributed by atoms with Crippen LogP contribution in [0.15, 0.2) is 48.7 Å². The number of nitrogens with zero attached hydrogens (tertiary/aromatic N) is 1. The number of allylic oxidation sites excluding steroid dienone is 2. The molecule has 5 aromatic rings. The van der Waals surface area contributed by atoms with Crippen LogP contribution < -0.4 is 9.47 Å². The molecule has 11 atom stereocenters. The van der Waals surface area contributed by atoms with Crippen LogP contribution in [0.5, 0.6) is 17.2 Å². The number of carbonyl (C=O) groups excluding carboxylic acids is 2. The van der Waals surface area contributed by atoms with E-state index in [1.165, 1.54) is 16.0 Å². The van der Waals surface area contributed by atoms with Gasteiger partial charge in [-0.2, -0.15) is 0 Å². The zero-order valence-electron chi connectivity index (χ0n) is 42.6. The van der Waals surface area contributed by atoms with Crippen molar-refractivity contribution in [3.05, 3.63) is 110 Å². The minimum absolute atomic E-state index is 0.0167. The van der Waals surface area contributed by atoms with Crippen LogP contribution in [-0.4, -0.2) is 110 Å². The Labute approximate surface area is 439 Å². The molecule has 4 fully saturated rings. The van der Waals surface area contributed by atoms with E-state index in [4.69, 9.17) is 23.7 Å². The van der Waals surface area contributed by atoms with Gasteiger partial charge >= 0.3 is 0 Å². The van der Waals surface area contributed by atoms with Gasteiger partial charge in [0.25, 0.3) is 5.91 Å². The molecule has 5 heterocycles. The first kappa shape index (κ1) is 47.1. The van der Waals surface area contributed by atoms with Crippen molar-refractivity contribution in [2.75, 3.05) is 26.9 Å². The quantitative estimate of drug-likeness (QED) is 0.0958. The summed E-state index contributed by atoms with van der Waals surface area (Å²) in [6.45, 7) is -1.36. The molecular weight excluding hydrogens is 965 g/mol. The number of fused-ring (bicyclic) bond motifs is 11. The van der Waals surface area contributed by atoms with Crippen LogP contribution in [0, 0.1) is 23.9 Å². The van der Waals surface area contributed by atoms with Crippen LogP contribution in [-0.2, 0) is 45.4 Å². The van der Waals surface area contributed by atoms with E-state index >= 15 is 4.79 Å². The van der Waals surface area contributed by atoms with Gasteiger partial charge in [0.05, 0.1) is 49.0 Å². The van der Waals surface area contributed by atoms with Gasteiger partial charge in [-0.3, -0.25) is 9.59 Å². The number of aliphatic hydroxyl groups is 4. The van der Waals surface area contributed by atoms with Gasteiger partial charge in [-0.05, 0) is 157 Å². The number of aromatic amines is 1. The maximum absolute atomic E-state index is 15.5. The summed E-state index contributed by atoms with van der Waals surface area (Å²) in [6.07, 6.45) is 15.5. The minimum Gasteiger partial charge on any atom is -0.506 e. The predicted octanol–water partition coefficient (Wildman–Crippen LogP) is 7.87. The molecular formula is C62H62N2O12. The lowest BCUT2D eigenvalue weighted by Crippen LogP contribution is -2.70. The number of carbonyl (C=O) groups is 2. The number of aliphatic hydroxyl groups excluding tert-OH is 2. The maximum atomic E-state index is 15.5. The standard InChI is InChI=1S/C62H62N2O12/c1-72-55-38-13-12-34-22-32-7-3-10-36(32)49-48(34)50(38)52-54(68)51(49)45(66)27-64-26-42-31(6-2-11-37(42)58(64)69)8-5-21-73-57-53(67)47-28-74-46(15-14-39(55)56(52)76-59(75-47)62(57,71)30-65)41-25-63-44-23-33-16-19-60(43(33)24-40(41)44)20-17-35-9-4-18-61(35,70)29-60/h2,6,11,14-15,22-25,32,35-36,46-47,53,57,59,63,65,67-68,70-71H,3-4,7-10,12-13,16-20,26-30H2,1H3. The Morgan fingerprint density at radius 2 is 1.86 bits per heavy atom. The molecule has 4 aromatic carbocycles.